The van der Waals surface area contributed by atoms with Gasteiger partial charge in [-0.05, 0) is 54.6 Å². The van der Waals surface area contributed by atoms with E-state index in [-0.39, 0.29) is 10.9 Å². The summed E-state index contributed by atoms with van der Waals surface area (Å²) in [5.41, 5.74) is 1.29. The van der Waals surface area contributed by atoms with Gasteiger partial charge in [0, 0.05) is 31.4 Å². The van der Waals surface area contributed by atoms with Gasteiger partial charge in [-0.1, -0.05) is 18.2 Å². The lowest BCUT2D eigenvalue weighted by Crippen LogP contribution is -2.12. The van der Waals surface area contributed by atoms with Gasteiger partial charge in [0.2, 0.25) is 0 Å². The van der Waals surface area contributed by atoms with Gasteiger partial charge in [0.25, 0.3) is 0 Å². The van der Waals surface area contributed by atoms with E-state index in [1.54, 1.807) is 11.6 Å². The summed E-state index contributed by atoms with van der Waals surface area (Å²) >= 11 is 0. The number of aldehydes is 1. The normalized spacial score (nSPS) is 10.1. The molecule has 5 nitrogen and oxygen atoms in total. The lowest BCUT2D eigenvalue weighted by Gasteiger charge is -2.06. The minimum Gasteiger partial charge on any atom is -0.457 e. The van der Waals surface area contributed by atoms with E-state index < -0.39 is 11.2 Å². The summed E-state index contributed by atoms with van der Waals surface area (Å²) in [6, 6.07) is 21.5. The number of hydrogen-bond donors (Lipinski definition) is 1. The van der Waals surface area contributed by atoms with Crippen molar-refractivity contribution in [3.05, 3.63) is 101 Å². The maximum atomic E-state index is 12.9. The van der Waals surface area contributed by atoms with Crippen LogP contribution in [0.25, 0.3) is 10.9 Å². The zero-order valence-corrected chi connectivity index (χ0v) is 16.6. The average Bonchev–Trinajstić information content (AvgIpc) is 2.78. The fourth-order valence-corrected chi connectivity index (χ4v) is 2.89. The third-order valence-electron chi connectivity index (χ3n) is 4.43. The molecule has 4 aromatic rings. The Hall–Kier alpha value is -3.93. The minimum absolute atomic E-state index is 0.0376. The van der Waals surface area contributed by atoms with Crippen molar-refractivity contribution < 1.29 is 13.9 Å². The summed E-state index contributed by atoms with van der Waals surface area (Å²) in [5.74, 6) is 1.22. The highest BCUT2D eigenvalue weighted by Gasteiger charge is 2.07. The van der Waals surface area contributed by atoms with Crippen LogP contribution in [-0.2, 0) is 7.05 Å². The minimum atomic E-state index is -0.484. The fourth-order valence-electron chi connectivity index (χ4n) is 2.89. The highest BCUT2D eigenvalue weighted by atomic mass is 19.1. The number of fused-ring (bicyclic) bond motifs is 1. The number of benzene rings is 3. The summed E-state index contributed by atoms with van der Waals surface area (Å²) in [7, 11) is 3.60. The molecule has 0 radical (unpaired) electrons. The van der Waals surface area contributed by atoms with Crippen LogP contribution in [0.4, 0.5) is 10.1 Å². The number of carbonyl (C=O) groups excluding carboxylic acids is 1. The quantitative estimate of drug-likeness (QED) is 0.486. The number of aromatic nitrogens is 1. The molecular weight excluding hydrogens is 383 g/mol. The maximum Gasteiger partial charge on any atom is 0.199 e. The summed E-state index contributed by atoms with van der Waals surface area (Å²) in [5, 5.41) is 3.29. The summed E-state index contributed by atoms with van der Waals surface area (Å²) in [4.78, 5) is 22.3. The Labute approximate surface area is 173 Å². The lowest BCUT2D eigenvalue weighted by atomic mass is 10.1. The van der Waals surface area contributed by atoms with Crippen molar-refractivity contribution in [1.82, 2.24) is 4.57 Å². The molecule has 4 rings (SSSR count). The van der Waals surface area contributed by atoms with E-state index >= 15 is 0 Å². The molecule has 0 unspecified atom stereocenters. The second-order valence-corrected chi connectivity index (χ2v) is 6.49. The second-order valence-electron chi connectivity index (χ2n) is 6.49. The van der Waals surface area contributed by atoms with E-state index in [0.717, 1.165) is 23.3 Å². The maximum absolute atomic E-state index is 12.9. The zero-order valence-electron chi connectivity index (χ0n) is 16.6. The first-order chi connectivity index (χ1) is 14.5. The van der Waals surface area contributed by atoms with Gasteiger partial charge in [-0.15, -0.1) is 0 Å². The first-order valence-electron chi connectivity index (χ1n) is 9.26. The van der Waals surface area contributed by atoms with Crippen LogP contribution in [0.5, 0.6) is 11.5 Å². The van der Waals surface area contributed by atoms with Gasteiger partial charge < -0.3 is 14.6 Å². The van der Waals surface area contributed by atoms with Crippen LogP contribution in [0.1, 0.15) is 10.4 Å². The number of pyridine rings is 1. The second kappa shape index (κ2) is 9.52. The highest BCUT2D eigenvalue weighted by molar-refractivity contribution is 5.86. The summed E-state index contributed by atoms with van der Waals surface area (Å²) in [6.45, 7) is 0. The Balaban J connectivity index is 0.000000171. The molecule has 0 saturated heterocycles. The van der Waals surface area contributed by atoms with E-state index in [4.69, 9.17) is 4.74 Å². The Morgan fingerprint density at radius 3 is 2.27 bits per heavy atom. The zero-order chi connectivity index (χ0) is 21.5. The number of rotatable bonds is 4. The van der Waals surface area contributed by atoms with Crippen LogP contribution >= 0.6 is 0 Å². The summed E-state index contributed by atoms with van der Waals surface area (Å²) < 4.78 is 20.2. The Kier molecular flexibility index (Phi) is 6.60. The smallest absolute Gasteiger partial charge is 0.199 e. The fraction of sp³-hybridized carbons (Fsp3) is 0.0833. The van der Waals surface area contributed by atoms with Gasteiger partial charge in [0.15, 0.2) is 11.7 Å². The number of hydrogen-bond acceptors (Lipinski definition) is 4. The third kappa shape index (κ3) is 4.91. The molecule has 0 aliphatic heterocycles. The monoisotopic (exact) mass is 404 g/mol. The predicted octanol–water partition coefficient (Wildman–Crippen LogP) is 5.01. The van der Waals surface area contributed by atoms with Gasteiger partial charge in [0.05, 0.1) is 11.1 Å². The van der Waals surface area contributed by atoms with Gasteiger partial charge in [-0.25, -0.2) is 4.39 Å². The molecule has 1 N–H and O–H groups in total. The molecule has 0 aliphatic rings. The van der Waals surface area contributed by atoms with Gasteiger partial charge >= 0.3 is 0 Å². The topological polar surface area (TPSA) is 60.3 Å². The molecule has 1 heterocycles. The standard InChI is InChI=1S/C13H13NO.C11H8FNO2/c1-14-11-7-9-13(10-8-11)15-12-5-3-2-4-6-12;1-13-5-7(6-14)11(15)9-4-8(12)2-3-10(9)13/h2-10,14H,1H3;2-6H,1H3. The van der Waals surface area contributed by atoms with Crippen molar-refractivity contribution in [2.24, 2.45) is 7.05 Å². The molecule has 0 amide bonds. The number of aryl methyl sites for hydroxylation is 1. The van der Waals surface area contributed by atoms with Gasteiger partial charge in [0.1, 0.15) is 17.3 Å². The number of ether oxygens (including phenoxy) is 1. The largest absolute Gasteiger partial charge is 0.457 e. The molecule has 30 heavy (non-hydrogen) atoms. The van der Waals surface area contributed by atoms with E-state index in [1.807, 2.05) is 61.6 Å². The van der Waals surface area contributed by atoms with Crippen LogP contribution in [0.2, 0.25) is 0 Å². The lowest BCUT2D eigenvalue weighted by molar-refractivity contribution is 0.112. The van der Waals surface area contributed by atoms with E-state index in [1.165, 1.54) is 18.3 Å². The predicted molar refractivity (Wildman–Crippen MR) is 117 cm³/mol. The van der Waals surface area contributed by atoms with Crippen LogP contribution in [0.3, 0.4) is 0 Å². The number of nitrogens with zero attached hydrogens (tertiary/aromatic N) is 1. The molecule has 0 spiro atoms. The molecule has 0 bridgehead atoms. The van der Waals surface area contributed by atoms with Gasteiger partial charge in [-0.3, -0.25) is 9.59 Å². The third-order valence-corrected chi connectivity index (χ3v) is 4.43. The average molecular weight is 404 g/mol. The Morgan fingerprint density at radius 2 is 1.63 bits per heavy atom. The van der Waals surface area contributed by atoms with E-state index in [9.17, 15) is 14.0 Å². The molecule has 0 atom stereocenters. The molecule has 0 saturated carbocycles. The molecular formula is C24H21FN2O3. The number of anilines is 1. The highest BCUT2D eigenvalue weighted by Crippen LogP contribution is 2.22. The Morgan fingerprint density at radius 1 is 0.967 bits per heavy atom. The molecule has 6 heteroatoms. The molecule has 152 valence electrons. The molecule has 0 fully saturated rings. The molecule has 3 aromatic carbocycles. The van der Waals surface area contributed by atoms with E-state index in [2.05, 4.69) is 5.32 Å². The summed E-state index contributed by atoms with van der Waals surface area (Å²) in [6.07, 6.45) is 1.92. The van der Waals surface area contributed by atoms with Crippen LogP contribution in [-0.4, -0.2) is 17.9 Å². The number of para-hydroxylation sites is 1. The van der Waals surface area contributed by atoms with Crippen LogP contribution < -0.4 is 15.5 Å². The number of carbonyl (C=O) groups is 1. The SMILES string of the molecule is CNc1ccc(Oc2ccccc2)cc1.Cn1cc(C=O)c(=O)c2cc(F)ccc21. The van der Waals surface area contributed by atoms with Crippen molar-refractivity contribution in [3.63, 3.8) is 0 Å². The molecule has 0 aliphatic carbocycles. The van der Waals surface area contributed by atoms with Crippen molar-refractivity contribution in [2.75, 3.05) is 12.4 Å². The Bertz CT molecular complexity index is 1200. The first-order valence-corrected chi connectivity index (χ1v) is 9.26. The van der Waals surface area contributed by atoms with Crippen molar-refractivity contribution >= 4 is 22.9 Å². The van der Waals surface area contributed by atoms with E-state index in [0.29, 0.717) is 11.8 Å². The number of nitrogens with one attached hydrogen (secondary N) is 1. The van der Waals surface area contributed by atoms with Crippen LogP contribution in [0, 0.1) is 5.82 Å². The van der Waals surface area contributed by atoms with Crippen LogP contribution in [0.15, 0.2) is 83.8 Å². The first kappa shape index (κ1) is 20.8. The van der Waals surface area contributed by atoms with Crippen molar-refractivity contribution in [1.29, 1.82) is 0 Å². The number of halogens is 1. The van der Waals surface area contributed by atoms with Crippen molar-refractivity contribution in [3.8, 4) is 11.5 Å². The van der Waals surface area contributed by atoms with Crippen molar-refractivity contribution in [2.45, 2.75) is 0 Å². The molecule has 1 aromatic heterocycles. The van der Waals surface area contributed by atoms with Gasteiger partial charge in [-0.2, -0.15) is 0 Å².